The zero-order chi connectivity index (χ0) is 33.7. The molecule has 2 aromatic rings. The highest BCUT2D eigenvalue weighted by molar-refractivity contribution is 5.94. The van der Waals surface area contributed by atoms with Crippen molar-refractivity contribution in [1.82, 2.24) is 10.2 Å². The molecule has 1 saturated carbocycles. The second-order valence-electron chi connectivity index (χ2n) is 14.4. The fourth-order valence-corrected chi connectivity index (χ4v) is 7.27. The summed E-state index contributed by atoms with van der Waals surface area (Å²) in [6.07, 6.45) is 5.20. The van der Waals surface area contributed by atoms with Gasteiger partial charge in [-0.1, -0.05) is 49.2 Å². The monoisotopic (exact) mass is 649 g/mol. The largest absolute Gasteiger partial charge is 0.453 e. The molecule has 0 radical (unpaired) electrons. The van der Waals surface area contributed by atoms with E-state index in [0.717, 1.165) is 36.0 Å². The Balaban J connectivity index is 1.38. The van der Waals surface area contributed by atoms with E-state index in [1.165, 1.54) is 33.1 Å². The summed E-state index contributed by atoms with van der Waals surface area (Å²) in [5.74, 6) is -0.264. The van der Waals surface area contributed by atoms with Gasteiger partial charge in [-0.3, -0.25) is 19.3 Å². The molecular weight excluding hydrogens is 598 g/mol. The van der Waals surface area contributed by atoms with Crippen molar-refractivity contribution in [1.29, 1.82) is 0 Å². The van der Waals surface area contributed by atoms with Gasteiger partial charge in [-0.2, -0.15) is 0 Å². The van der Waals surface area contributed by atoms with Crippen LogP contribution in [-0.2, 0) is 35.2 Å². The quantitative estimate of drug-likeness (QED) is 0.302. The summed E-state index contributed by atoms with van der Waals surface area (Å²) in [7, 11) is 0. The van der Waals surface area contributed by atoms with E-state index in [4.69, 9.17) is 14.2 Å². The molecule has 2 amide bonds. The Morgan fingerprint density at radius 1 is 0.957 bits per heavy atom. The molecule has 7 atom stereocenters. The van der Waals surface area contributed by atoms with E-state index in [1.54, 1.807) is 12.1 Å². The van der Waals surface area contributed by atoms with Crippen LogP contribution in [0.5, 0.6) is 0 Å². The maximum absolute atomic E-state index is 13.7. The lowest BCUT2D eigenvalue weighted by atomic mass is 9.75. The van der Waals surface area contributed by atoms with Crippen LogP contribution < -0.4 is 10.6 Å². The molecule has 3 fully saturated rings. The summed E-state index contributed by atoms with van der Waals surface area (Å²) in [4.78, 5) is 39.9. The number of nitrogens with one attached hydrogen (secondary N) is 2. The molecule has 1 aliphatic carbocycles. The fraction of sp³-hybridized carbons (Fsp3) is 0.595. The number of anilines is 1. The Hall–Kier alpha value is -3.31. The van der Waals surface area contributed by atoms with Crippen LogP contribution in [0.1, 0.15) is 109 Å². The van der Waals surface area contributed by atoms with Gasteiger partial charge in [0.05, 0.1) is 24.9 Å². The molecule has 10 heteroatoms. The van der Waals surface area contributed by atoms with E-state index in [-0.39, 0.29) is 36.3 Å². The predicted octanol–water partition coefficient (Wildman–Crippen LogP) is 5.55. The Morgan fingerprint density at radius 2 is 1.64 bits per heavy atom. The van der Waals surface area contributed by atoms with Crippen molar-refractivity contribution in [3.8, 4) is 0 Å². The molecule has 0 spiro atoms. The van der Waals surface area contributed by atoms with Gasteiger partial charge >= 0.3 is 5.97 Å². The fourth-order valence-electron chi connectivity index (χ4n) is 7.27. The number of carbonyl (C=O) groups is 3. The minimum absolute atomic E-state index is 0.0295. The number of nitrogens with zero attached hydrogens (tertiary/aromatic N) is 1. The zero-order valence-corrected chi connectivity index (χ0v) is 28.4. The number of benzene rings is 2. The Bertz CT molecular complexity index is 1370. The Labute approximate surface area is 278 Å². The van der Waals surface area contributed by atoms with E-state index >= 15 is 0 Å². The molecular formula is C37H51N3O7. The molecule has 3 N–H and O–H groups in total. The highest BCUT2D eigenvalue weighted by Crippen LogP contribution is 2.42. The van der Waals surface area contributed by atoms with Crippen LogP contribution in [0.4, 0.5) is 5.69 Å². The van der Waals surface area contributed by atoms with E-state index in [0.29, 0.717) is 30.6 Å². The van der Waals surface area contributed by atoms with E-state index in [2.05, 4.69) is 15.5 Å². The number of hydrogen-bond acceptors (Lipinski definition) is 8. The number of hydrogen-bond donors (Lipinski definition) is 3. The van der Waals surface area contributed by atoms with Crippen molar-refractivity contribution >= 4 is 23.5 Å². The summed E-state index contributed by atoms with van der Waals surface area (Å²) in [5, 5.41) is 15.6. The van der Waals surface area contributed by atoms with Crippen LogP contribution in [0.15, 0.2) is 48.5 Å². The molecule has 2 aliphatic heterocycles. The zero-order valence-electron chi connectivity index (χ0n) is 28.4. The highest BCUT2D eigenvalue weighted by atomic mass is 16.7. The lowest BCUT2D eigenvalue weighted by Crippen LogP contribution is -2.61. The van der Waals surface area contributed by atoms with Crippen molar-refractivity contribution in [2.75, 3.05) is 11.9 Å². The lowest BCUT2D eigenvalue weighted by molar-refractivity contribution is -0.255. The first-order valence-electron chi connectivity index (χ1n) is 17.1. The van der Waals surface area contributed by atoms with Crippen LogP contribution in [0.2, 0.25) is 0 Å². The lowest BCUT2D eigenvalue weighted by Gasteiger charge is -2.50. The maximum atomic E-state index is 13.7. The average molecular weight is 650 g/mol. The average Bonchev–Trinajstić information content (AvgIpc) is 3.04. The molecule has 2 saturated heterocycles. The third-order valence-electron chi connectivity index (χ3n) is 9.50. The van der Waals surface area contributed by atoms with Crippen molar-refractivity contribution in [2.45, 2.75) is 128 Å². The van der Waals surface area contributed by atoms with Gasteiger partial charge in [-0.25, -0.2) is 0 Å². The second kappa shape index (κ2) is 15.3. The first-order chi connectivity index (χ1) is 22.4. The summed E-state index contributed by atoms with van der Waals surface area (Å²) in [6, 6.07) is 15.2. The number of ether oxygens (including phenoxy) is 3. The SMILES string of the molecule is CC(=O)OC(C)C(=O)Nc1ccc(C2OC(CN3C(C(=O)NC(C)(C)C)CCC4CCCCC43)CC(c3ccc(CO)cc3)O2)cc1. The molecule has 2 aromatic carbocycles. The van der Waals surface area contributed by atoms with Crippen molar-refractivity contribution in [3.05, 3.63) is 65.2 Å². The van der Waals surface area contributed by atoms with Crippen molar-refractivity contribution in [2.24, 2.45) is 5.92 Å². The molecule has 0 aromatic heterocycles. The first-order valence-corrected chi connectivity index (χ1v) is 17.1. The minimum Gasteiger partial charge on any atom is -0.453 e. The molecule has 3 aliphatic rings. The molecule has 256 valence electrons. The molecule has 5 rings (SSSR count). The molecule has 7 unspecified atom stereocenters. The van der Waals surface area contributed by atoms with Gasteiger partial charge in [0.2, 0.25) is 5.91 Å². The van der Waals surface area contributed by atoms with Crippen LogP contribution in [-0.4, -0.2) is 64.2 Å². The number of piperidine rings is 1. The summed E-state index contributed by atoms with van der Waals surface area (Å²) >= 11 is 0. The first kappa shape index (κ1) is 35.0. The van der Waals surface area contributed by atoms with Gasteiger partial charge in [0, 0.05) is 42.7 Å². The number of likely N-dealkylation sites (tertiary alicyclic amines) is 1. The van der Waals surface area contributed by atoms with Gasteiger partial charge in [-0.15, -0.1) is 0 Å². The number of carbonyl (C=O) groups excluding carboxylic acids is 3. The van der Waals surface area contributed by atoms with Gasteiger partial charge in [0.1, 0.15) is 0 Å². The third kappa shape index (κ3) is 9.19. The summed E-state index contributed by atoms with van der Waals surface area (Å²) < 4.78 is 18.3. The van der Waals surface area contributed by atoms with E-state index < -0.39 is 24.3 Å². The topological polar surface area (TPSA) is 126 Å². The predicted molar refractivity (Wildman–Crippen MR) is 178 cm³/mol. The smallest absolute Gasteiger partial charge is 0.303 e. The molecule has 0 bridgehead atoms. The normalized spacial score (nSPS) is 27.3. The second-order valence-corrected chi connectivity index (χ2v) is 14.4. The number of amides is 2. The van der Waals surface area contributed by atoms with Gasteiger partial charge < -0.3 is 30.0 Å². The van der Waals surface area contributed by atoms with Gasteiger partial charge in [0.25, 0.3) is 5.91 Å². The van der Waals surface area contributed by atoms with Crippen LogP contribution in [0.25, 0.3) is 0 Å². The van der Waals surface area contributed by atoms with Gasteiger partial charge in [0.15, 0.2) is 12.4 Å². The van der Waals surface area contributed by atoms with E-state index in [1.807, 2.05) is 57.2 Å². The Kier molecular flexibility index (Phi) is 11.4. The van der Waals surface area contributed by atoms with Crippen molar-refractivity contribution in [3.63, 3.8) is 0 Å². The number of esters is 1. The standard InChI is InChI=1S/C37H51N3O7/c1-23(45-24(2)42)34(43)38-29-17-14-28(15-18-29)36-46-30(20-33(47-36)27-12-10-25(22-41)11-13-27)21-40-31-9-7-6-8-26(31)16-19-32(40)35(44)39-37(3,4)5/h10-15,17-18,23,26,30-33,36,41H,6-9,16,19-22H2,1-5H3,(H,38,43)(H,39,44). The Morgan fingerprint density at radius 3 is 2.30 bits per heavy atom. The molecule has 2 heterocycles. The molecule has 10 nitrogen and oxygen atoms in total. The highest BCUT2D eigenvalue weighted by Gasteiger charge is 2.44. The maximum Gasteiger partial charge on any atom is 0.303 e. The number of aliphatic hydroxyl groups excluding tert-OH is 1. The van der Waals surface area contributed by atoms with Crippen LogP contribution in [0, 0.1) is 5.92 Å². The van der Waals surface area contributed by atoms with Crippen molar-refractivity contribution < 1.29 is 33.7 Å². The number of rotatable bonds is 9. The molecule has 47 heavy (non-hydrogen) atoms. The minimum atomic E-state index is -0.913. The summed E-state index contributed by atoms with van der Waals surface area (Å²) in [6.45, 7) is 9.46. The summed E-state index contributed by atoms with van der Waals surface area (Å²) in [5.41, 5.74) is 2.88. The van der Waals surface area contributed by atoms with Crippen LogP contribution in [0.3, 0.4) is 0 Å². The van der Waals surface area contributed by atoms with E-state index in [9.17, 15) is 19.5 Å². The third-order valence-corrected chi connectivity index (χ3v) is 9.50. The van der Waals surface area contributed by atoms with Crippen LogP contribution >= 0.6 is 0 Å². The number of aliphatic hydroxyl groups is 1. The number of fused-ring (bicyclic) bond motifs is 1. The van der Waals surface area contributed by atoms with Gasteiger partial charge in [-0.05, 0) is 82.6 Å².